The Labute approximate surface area is 120 Å². The molecule has 4 heteroatoms. The van der Waals surface area contributed by atoms with Crippen LogP contribution in [0.3, 0.4) is 0 Å². The Morgan fingerprint density at radius 1 is 1.40 bits per heavy atom. The third kappa shape index (κ3) is 5.41. The monoisotopic (exact) mass is 274 g/mol. The highest BCUT2D eigenvalue weighted by molar-refractivity contribution is 5.81. The van der Waals surface area contributed by atoms with Gasteiger partial charge in [-0.15, -0.1) is 0 Å². The molecule has 0 aromatic heterocycles. The maximum absolute atomic E-state index is 12.0. The molecule has 2 N–H and O–H groups in total. The minimum Gasteiger partial charge on any atom is -0.396 e. The van der Waals surface area contributed by atoms with Gasteiger partial charge >= 0.3 is 0 Å². The summed E-state index contributed by atoms with van der Waals surface area (Å²) >= 11 is 0. The van der Waals surface area contributed by atoms with Crippen molar-refractivity contribution in [3.05, 3.63) is 35.9 Å². The van der Waals surface area contributed by atoms with Gasteiger partial charge in [0.1, 0.15) is 5.92 Å². The first-order valence-electron chi connectivity index (χ1n) is 7.03. The van der Waals surface area contributed by atoms with Gasteiger partial charge in [-0.1, -0.05) is 43.7 Å². The van der Waals surface area contributed by atoms with E-state index < -0.39 is 5.92 Å². The quantitative estimate of drug-likeness (QED) is 0.760. The standard InChI is InChI=1S/C16H22N2O2/c1-2-13(8-9-19)12-18-16(20)15(11-17)10-14-6-4-3-5-7-14/h3-7,13,15,19H,2,8-10,12H2,1H3,(H,18,20). The normalized spacial score (nSPS) is 13.2. The topological polar surface area (TPSA) is 73.1 Å². The summed E-state index contributed by atoms with van der Waals surface area (Å²) in [5.74, 6) is -0.628. The lowest BCUT2D eigenvalue weighted by molar-refractivity contribution is -0.123. The van der Waals surface area contributed by atoms with Crippen LogP contribution in [-0.2, 0) is 11.2 Å². The number of hydrogen-bond donors (Lipinski definition) is 2. The van der Waals surface area contributed by atoms with Gasteiger partial charge < -0.3 is 10.4 Å². The molecule has 4 nitrogen and oxygen atoms in total. The van der Waals surface area contributed by atoms with Gasteiger partial charge in [0.05, 0.1) is 6.07 Å². The molecule has 0 fully saturated rings. The van der Waals surface area contributed by atoms with Gasteiger partial charge in [0.25, 0.3) is 0 Å². The maximum atomic E-state index is 12.0. The summed E-state index contributed by atoms with van der Waals surface area (Å²) in [4.78, 5) is 12.0. The highest BCUT2D eigenvalue weighted by Crippen LogP contribution is 2.10. The first-order valence-corrected chi connectivity index (χ1v) is 7.03. The minimum atomic E-state index is -0.663. The zero-order chi connectivity index (χ0) is 14.8. The lowest BCUT2D eigenvalue weighted by atomic mass is 9.98. The molecule has 0 spiro atoms. The van der Waals surface area contributed by atoms with Crippen LogP contribution in [0.15, 0.2) is 30.3 Å². The highest BCUT2D eigenvalue weighted by Gasteiger charge is 2.19. The van der Waals surface area contributed by atoms with E-state index in [0.29, 0.717) is 19.4 Å². The van der Waals surface area contributed by atoms with Crippen molar-refractivity contribution in [3.8, 4) is 6.07 Å². The van der Waals surface area contributed by atoms with Crippen LogP contribution in [0.2, 0.25) is 0 Å². The zero-order valence-corrected chi connectivity index (χ0v) is 11.9. The molecular weight excluding hydrogens is 252 g/mol. The largest absolute Gasteiger partial charge is 0.396 e. The van der Waals surface area contributed by atoms with Crippen LogP contribution < -0.4 is 5.32 Å². The van der Waals surface area contributed by atoms with Gasteiger partial charge in [0.15, 0.2) is 0 Å². The average Bonchev–Trinajstić information content (AvgIpc) is 2.49. The molecule has 0 saturated carbocycles. The molecule has 2 atom stereocenters. The van der Waals surface area contributed by atoms with Gasteiger partial charge in [0.2, 0.25) is 5.91 Å². The van der Waals surface area contributed by atoms with Crippen LogP contribution in [-0.4, -0.2) is 24.2 Å². The number of carbonyl (C=O) groups is 1. The lowest BCUT2D eigenvalue weighted by Crippen LogP contribution is -2.35. The summed E-state index contributed by atoms with van der Waals surface area (Å²) in [6, 6.07) is 11.6. The molecule has 0 heterocycles. The van der Waals surface area contributed by atoms with Crippen LogP contribution >= 0.6 is 0 Å². The van der Waals surface area contributed by atoms with E-state index in [1.165, 1.54) is 0 Å². The van der Waals surface area contributed by atoms with E-state index in [1.807, 2.05) is 37.3 Å². The predicted molar refractivity (Wildman–Crippen MR) is 77.7 cm³/mol. The number of rotatable bonds is 8. The molecule has 0 aliphatic carbocycles. The van der Waals surface area contributed by atoms with Crippen LogP contribution in [0.5, 0.6) is 0 Å². The van der Waals surface area contributed by atoms with Gasteiger partial charge in [0, 0.05) is 13.2 Å². The first kappa shape index (κ1) is 16.2. The molecule has 0 saturated heterocycles. The summed E-state index contributed by atoms with van der Waals surface area (Å²) < 4.78 is 0. The average molecular weight is 274 g/mol. The number of aliphatic hydroxyl groups excluding tert-OH is 1. The van der Waals surface area contributed by atoms with E-state index in [4.69, 9.17) is 10.4 Å². The molecule has 108 valence electrons. The smallest absolute Gasteiger partial charge is 0.237 e. The minimum absolute atomic E-state index is 0.125. The number of nitrogens with one attached hydrogen (secondary N) is 1. The number of nitriles is 1. The molecule has 1 aromatic rings. The van der Waals surface area contributed by atoms with Gasteiger partial charge in [-0.05, 0) is 24.3 Å². The van der Waals surface area contributed by atoms with Crippen molar-refractivity contribution in [2.75, 3.05) is 13.2 Å². The highest BCUT2D eigenvalue weighted by atomic mass is 16.3. The summed E-state index contributed by atoms with van der Waals surface area (Å²) in [6.07, 6.45) is 2.00. The van der Waals surface area contributed by atoms with Crippen molar-refractivity contribution in [1.29, 1.82) is 5.26 Å². The molecule has 0 aliphatic rings. The van der Waals surface area contributed by atoms with Crippen LogP contribution in [0.25, 0.3) is 0 Å². The van der Waals surface area contributed by atoms with Crippen LogP contribution in [0, 0.1) is 23.2 Å². The maximum Gasteiger partial charge on any atom is 0.237 e. The predicted octanol–water partition coefficient (Wildman–Crippen LogP) is 1.89. The fraction of sp³-hybridized carbons (Fsp3) is 0.500. The number of hydrogen-bond acceptors (Lipinski definition) is 3. The molecule has 20 heavy (non-hydrogen) atoms. The van der Waals surface area contributed by atoms with E-state index in [2.05, 4.69) is 11.4 Å². The van der Waals surface area contributed by atoms with Crippen LogP contribution in [0.4, 0.5) is 0 Å². The Hall–Kier alpha value is -1.86. The van der Waals surface area contributed by atoms with Crippen molar-refractivity contribution < 1.29 is 9.90 Å². The molecule has 0 bridgehead atoms. The van der Waals surface area contributed by atoms with Crippen molar-refractivity contribution in [2.24, 2.45) is 11.8 Å². The number of benzene rings is 1. The zero-order valence-electron chi connectivity index (χ0n) is 11.9. The van der Waals surface area contributed by atoms with E-state index >= 15 is 0 Å². The third-order valence-corrected chi connectivity index (χ3v) is 3.43. The molecule has 1 amide bonds. The fourth-order valence-corrected chi connectivity index (χ4v) is 2.05. The lowest BCUT2D eigenvalue weighted by Gasteiger charge is -2.16. The second-order valence-electron chi connectivity index (χ2n) is 4.90. The van der Waals surface area contributed by atoms with Crippen LogP contribution in [0.1, 0.15) is 25.3 Å². The summed E-state index contributed by atoms with van der Waals surface area (Å²) in [6.45, 7) is 2.67. The molecule has 1 rings (SSSR count). The number of carbonyl (C=O) groups excluding carboxylic acids is 1. The van der Waals surface area contributed by atoms with Gasteiger partial charge in [-0.3, -0.25) is 4.79 Å². The Kier molecular flexibility index (Phi) is 7.38. The molecule has 0 aliphatic heterocycles. The van der Waals surface area contributed by atoms with Crippen molar-refractivity contribution >= 4 is 5.91 Å². The Morgan fingerprint density at radius 2 is 2.10 bits per heavy atom. The molecule has 1 aromatic carbocycles. The summed E-state index contributed by atoms with van der Waals surface area (Å²) in [7, 11) is 0. The summed E-state index contributed by atoms with van der Waals surface area (Å²) in [5.41, 5.74) is 0.983. The number of aliphatic hydroxyl groups is 1. The van der Waals surface area contributed by atoms with Crippen molar-refractivity contribution in [3.63, 3.8) is 0 Å². The Balaban J connectivity index is 2.49. The van der Waals surface area contributed by atoms with E-state index in [1.54, 1.807) is 0 Å². The van der Waals surface area contributed by atoms with Gasteiger partial charge in [-0.2, -0.15) is 5.26 Å². The number of amides is 1. The SMILES string of the molecule is CCC(CCO)CNC(=O)C(C#N)Cc1ccccc1. The molecule has 0 radical (unpaired) electrons. The van der Waals surface area contributed by atoms with E-state index in [0.717, 1.165) is 12.0 Å². The summed E-state index contributed by atoms with van der Waals surface area (Å²) in [5, 5.41) is 20.9. The Bertz CT molecular complexity index is 440. The molecular formula is C16H22N2O2. The van der Waals surface area contributed by atoms with Gasteiger partial charge in [-0.25, -0.2) is 0 Å². The molecule has 2 unspecified atom stereocenters. The van der Waals surface area contributed by atoms with E-state index in [9.17, 15) is 4.79 Å². The van der Waals surface area contributed by atoms with E-state index in [-0.39, 0.29) is 18.4 Å². The number of nitrogens with zero attached hydrogens (tertiary/aromatic N) is 1. The Morgan fingerprint density at radius 3 is 2.65 bits per heavy atom. The second kappa shape index (κ2) is 9.11. The van der Waals surface area contributed by atoms with Crippen molar-refractivity contribution in [2.45, 2.75) is 26.2 Å². The first-order chi connectivity index (χ1) is 9.71. The second-order valence-corrected chi connectivity index (χ2v) is 4.90. The van der Waals surface area contributed by atoms with Crippen molar-refractivity contribution in [1.82, 2.24) is 5.32 Å². The fourth-order valence-electron chi connectivity index (χ4n) is 2.05. The third-order valence-electron chi connectivity index (χ3n) is 3.43.